The van der Waals surface area contributed by atoms with Crippen LogP contribution in [0.3, 0.4) is 0 Å². The lowest BCUT2D eigenvalue weighted by Gasteiger charge is -2.12. The van der Waals surface area contributed by atoms with Gasteiger partial charge >= 0.3 is 6.18 Å². The van der Waals surface area contributed by atoms with E-state index < -0.39 is 11.9 Å². The van der Waals surface area contributed by atoms with Crippen LogP contribution >= 0.6 is 11.6 Å². The second-order valence-corrected chi connectivity index (χ2v) is 6.37. The first kappa shape index (κ1) is 18.6. The summed E-state index contributed by atoms with van der Waals surface area (Å²) >= 11 is 6.01. The molecule has 2 N–H and O–H groups in total. The van der Waals surface area contributed by atoms with Crippen molar-refractivity contribution < 1.29 is 18.0 Å². The number of nitrogens with one attached hydrogen (secondary N) is 2. The molecule has 5 nitrogen and oxygen atoms in total. The van der Waals surface area contributed by atoms with Crippen LogP contribution in [0.15, 0.2) is 30.5 Å². The summed E-state index contributed by atoms with van der Waals surface area (Å²) in [5.74, 6) is -0.0896. The first-order valence-corrected chi connectivity index (χ1v) is 8.42. The lowest BCUT2D eigenvalue weighted by Crippen LogP contribution is -2.40. The van der Waals surface area contributed by atoms with E-state index in [1.54, 1.807) is 12.1 Å². The maximum Gasteiger partial charge on any atom is 0.433 e. The highest BCUT2D eigenvalue weighted by atomic mass is 35.5. The summed E-state index contributed by atoms with van der Waals surface area (Å²) < 4.78 is 37.8. The van der Waals surface area contributed by atoms with Gasteiger partial charge in [0.25, 0.3) is 0 Å². The molecule has 1 saturated heterocycles. The predicted molar refractivity (Wildman–Crippen MR) is 90.4 cm³/mol. The quantitative estimate of drug-likeness (QED) is 0.794. The molecule has 9 heteroatoms. The van der Waals surface area contributed by atoms with Gasteiger partial charge in [-0.15, -0.1) is 0 Å². The van der Waals surface area contributed by atoms with Gasteiger partial charge in [-0.25, -0.2) is 4.98 Å². The Morgan fingerprint density at radius 1 is 1.35 bits per heavy atom. The fraction of sp³-hybridized carbons (Fsp3) is 0.353. The van der Waals surface area contributed by atoms with Crippen molar-refractivity contribution >= 4 is 17.5 Å². The number of hydrogen-bond acceptors (Lipinski definition) is 4. The molecule has 0 aromatic carbocycles. The number of nitrogens with zero attached hydrogens (tertiary/aromatic N) is 2. The van der Waals surface area contributed by atoms with Crippen molar-refractivity contribution in [3.05, 3.63) is 46.9 Å². The SMILES string of the molecule is O=C(NCc1cc(Cl)nc(-c2ccc(C(F)(F)F)nc2)c1)C1CCCN1. The molecule has 0 aliphatic carbocycles. The Balaban J connectivity index is 1.74. The molecule has 2 aromatic rings. The van der Waals surface area contributed by atoms with Crippen LogP contribution in [-0.4, -0.2) is 28.5 Å². The van der Waals surface area contributed by atoms with Gasteiger partial charge in [0.05, 0.1) is 11.7 Å². The van der Waals surface area contributed by atoms with Gasteiger partial charge in [0, 0.05) is 18.3 Å². The first-order chi connectivity index (χ1) is 12.3. The summed E-state index contributed by atoms with van der Waals surface area (Å²) in [4.78, 5) is 19.6. The zero-order valence-electron chi connectivity index (χ0n) is 13.6. The maximum absolute atomic E-state index is 12.6. The Kier molecular flexibility index (Phi) is 5.43. The zero-order chi connectivity index (χ0) is 18.7. The Labute approximate surface area is 153 Å². The number of amides is 1. The van der Waals surface area contributed by atoms with Gasteiger partial charge in [-0.3, -0.25) is 9.78 Å². The van der Waals surface area contributed by atoms with Crippen LogP contribution in [0.5, 0.6) is 0 Å². The molecule has 1 unspecified atom stereocenters. The van der Waals surface area contributed by atoms with Gasteiger partial charge in [-0.1, -0.05) is 11.6 Å². The smallest absolute Gasteiger partial charge is 0.351 e. The number of aromatic nitrogens is 2. The minimum Gasteiger partial charge on any atom is -0.351 e. The molecule has 0 radical (unpaired) electrons. The summed E-state index contributed by atoms with van der Waals surface area (Å²) in [7, 11) is 0. The van der Waals surface area contributed by atoms with E-state index in [1.807, 2.05) is 0 Å². The average Bonchev–Trinajstić information content (AvgIpc) is 3.13. The molecule has 1 atom stereocenters. The standard InChI is InChI=1S/C17H16ClF3N4O/c18-15-7-10(8-24-16(26)12-2-1-5-22-12)6-13(25-15)11-3-4-14(23-9-11)17(19,20)21/h3-4,6-7,9,12,22H,1-2,5,8H2,(H,24,26). The van der Waals surface area contributed by atoms with Crippen molar-refractivity contribution in [3.63, 3.8) is 0 Å². The molecule has 0 saturated carbocycles. The summed E-state index contributed by atoms with van der Waals surface area (Å²) in [5.41, 5.74) is 0.526. The van der Waals surface area contributed by atoms with E-state index in [4.69, 9.17) is 11.6 Å². The largest absolute Gasteiger partial charge is 0.433 e. The topological polar surface area (TPSA) is 66.9 Å². The third-order valence-corrected chi connectivity index (χ3v) is 4.24. The van der Waals surface area contributed by atoms with E-state index in [-0.39, 0.29) is 23.6 Å². The number of carbonyl (C=O) groups is 1. The molecule has 3 rings (SSSR count). The van der Waals surface area contributed by atoms with E-state index in [0.29, 0.717) is 16.8 Å². The molecule has 26 heavy (non-hydrogen) atoms. The van der Waals surface area contributed by atoms with Crippen LogP contribution in [0.4, 0.5) is 13.2 Å². The highest BCUT2D eigenvalue weighted by Crippen LogP contribution is 2.29. The van der Waals surface area contributed by atoms with Crippen LogP contribution in [-0.2, 0) is 17.5 Å². The highest BCUT2D eigenvalue weighted by molar-refractivity contribution is 6.29. The number of pyridine rings is 2. The molecule has 0 spiro atoms. The van der Waals surface area contributed by atoms with Crippen molar-refractivity contribution in [2.45, 2.75) is 31.6 Å². The third kappa shape index (κ3) is 4.50. The van der Waals surface area contributed by atoms with E-state index in [1.165, 1.54) is 6.07 Å². The average molecular weight is 385 g/mol. The Morgan fingerprint density at radius 2 is 2.15 bits per heavy atom. The molecule has 1 fully saturated rings. The van der Waals surface area contributed by atoms with Crippen molar-refractivity contribution in [2.24, 2.45) is 0 Å². The third-order valence-electron chi connectivity index (χ3n) is 4.05. The summed E-state index contributed by atoms with van der Waals surface area (Å²) in [6, 6.07) is 5.26. The zero-order valence-corrected chi connectivity index (χ0v) is 14.4. The van der Waals surface area contributed by atoms with Crippen LogP contribution in [0.25, 0.3) is 11.3 Å². The van der Waals surface area contributed by atoms with E-state index in [2.05, 4.69) is 20.6 Å². The van der Waals surface area contributed by atoms with Gasteiger partial charge in [0.15, 0.2) is 0 Å². The monoisotopic (exact) mass is 384 g/mol. The number of rotatable bonds is 4. The second-order valence-electron chi connectivity index (χ2n) is 5.98. The molecule has 0 bridgehead atoms. The molecular formula is C17H16ClF3N4O. The lowest BCUT2D eigenvalue weighted by atomic mass is 10.1. The minimum atomic E-state index is -4.50. The second kappa shape index (κ2) is 7.59. The molecule has 1 aliphatic rings. The molecule has 1 aliphatic heterocycles. The summed E-state index contributed by atoms with van der Waals surface area (Å²) in [6.45, 7) is 1.07. The molecule has 2 aromatic heterocycles. The maximum atomic E-state index is 12.6. The fourth-order valence-corrected chi connectivity index (χ4v) is 2.96. The van der Waals surface area contributed by atoms with Gasteiger partial charge in [0.1, 0.15) is 10.8 Å². The highest BCUT2D eigenvalue weighted by Gasteiger charge is 2.32. The number of carbonyl (C=O) groups excluding carboxylic acids is 1. The van der Waals surface area contributed by atoms with Crippen molar-refractivity contribution in [1.29, 1.82) is 0 Å². The molecular weight excluding hydrogens is 369 g/mol. The van der Waals surface area contributed by atoms with E-state index in [0.717, 1.165) is 31.6 Å². The molecule has 1 amide bonds. The van der Waals surface area contributed by atoms with E-state index >= 15 is 0 Å². The van der Waals surface area contributed by atoms with Crippen LogP contribution in [0, 0.1) is 0 Å². The number of halogens is 4. The van der Waals surface area contributed by atoms with Gasteiger partial charge < -0.3 is 10.6 Å². The van der Waals surface area contributed by atoms with Gasteiger partial charge in [0.2, 0.25) is 5.91 Å². The summed E-state index contributed by atoms with van der Waals surface area (Å²) in [5, 5.41) is 6.12. The molecule has 138 valence electrons. The predicted octanol–water partition coefficient (Wildman–Crippen LogP) is 3.18. The Bertz CT molecular complexity index is 790. The lowest BCUT2D eigenvalue weighted by molar-refractivity contribution is -0.141. The Morgan fingerprint density at radius 3 is 2.77 bits per heavy atom. The molecule has 3 heterocycles. The van der Waals surface area contributed by atoms with Gasteiger partial charge in [-0.05, 0) is 49.2 Å². The Hall–Kier alpha value is -2.19. The minimum absolute atomic E-state index is 0.0896. The van der Waals surface area contributed by atoms with Crippen LogP contribution in [0.1, 0.15) is 24.1 Å². The van der Waals surface area contributed by atoms with Crippen molar-refractivity contribution in [2.75, 3.05) is 6.54 Å². The number of alkyl halides is 3. The van der Waals surface area contributed by atoms with Crippen molar-refractivity contribution in [1.82, 2.24) is 20.6 Å². The first-order valence-electron chi connectivity index (χ1n) is 8.04. The van der Waals surface area contributed by atoms with Crippen LogP contribution in [0.2, 0.25) is 5.15 Å². The normalized spacial score (nSPS) is 17.3. The number of hydrogen-bond donors (Lipinski definition) is 2. The van der Waals surface area contributed by atoms with E-state index in [9.17, 15) is 18.0 Å². The van der Waals surface area contributed by atoms with Crippen molar-refractivity contribution in [3.8, 4) is 11.3 Å². The fourth-order valence-electron chi connectivity index (χ4n) is 2.73. The van der Waals surface area contributed by atoms with Gasteiger partial charge in [-0.2, -0.15) is 13.2 Å². The van der Waals surface area contributed by atoms with Crippen LogP contribution < -0.4 is 10.6 Å². The summed E-state index contributed by atoms with van der Waals surface area (Å²) in [6.07, 6.45) is -1.63.